The molecule has 0 bridgehead atoms. The Labute approximate surface area is 192 Å². The molecule has 0 radical (unpaired) electrons. The van der Waals surface area contributed by atoms with Crippen molar-refractivity contribution in [2.75, 3.05) is 20.2 Å². The van der Waals surface area contributed by atoms with Crippen LogP contribution in [-0.4, -0.2) is 56.0 Å². The van der Waals surface area contributed by atoms with Crippen LogP contribution in [0, 0.1) is 12.3 Å². The van der Waals surface area contributed by atoms with Gasteiger partial charge in [0.2, 0.25) is 5.91 Å². The van der Waals surface area contributed by atoms with E-state index in [0.717, 1.165) is 37.3 Å². The number of aromatic amines is 1. The van der Waals surface area contributed by atoms with Gasteiger partial charge in [0.1, 0.15) is 11.2 Å². The summed E-state index contributed by atoms with van der Waals surface area (Å²) in [5.74, 6) is 0.805. The number of nitrogens with zero attached hydrogens (tertiary/aromatic N) is 4. The van der Waals surface area contributed by atoms with Gasteiger partial charge in [0, 0.05) is 24.8 Å². The largest absolute Gasteiger partial charge is 0.497 e. The minimum absolute atomic E-state index is 0.116. The van der Waals surface area contributed by atoms with Gasteiger partial charge in [-0.3, -0.25) is 19.9 Å². The van der Waals surface area contributed by atoms with Crippen LogP contribution in [0.25, 0.3) is 16.7 Å². The number of methoxy groups -OCH3 is 1. The normalized spacial score (nSPS) is 12.2. The molecular weight excluding hydrogens is 424 g/mol. The maximum atomic E-state index is 13.3. The molecule has 0 aliphatic rings. The number of thioether (sulfide) groups is 1. The number of amides is 1. The molecule has 3 aromatic rings. The predicted octanol–water partition coefficient (Wildman–Crippen LogP) is 4.06. The Hall–Kier alpha value is -2.81. The van der Waals surface area contributed by atoms with Gasteiger partial charge in [0.25, 0.3) is 0 Å². The molecule has 8 nitrogen and oxygen atoms in total. The lowest BCUT2D eigenvalue weighted by atomic mass is 10.2. The molecule has 2 aromatic heterocycles. The summed E-state index contributed by atoms with van der Waals surface area (Å²) in [7, 11) is 1.62. The van der Waals surface area contributed by atoms with Crippen LogP contribution >= 0.6 is 11.8 Å². The average molecular weight is 457 g/mol. The average Bonchev–Trinajstić information content (AvgIpc) is 3.17. The summed E-state index contributed by atoms with van der Waals surface area (Å²) in [4.78, 5) is 20.0. The van der Waals surface area contributed by atoms with Crippen LogP contribution in [0.3, 0.4) is 0 Å². The predicted molar refractivity (Wildman–Crippen MR) is 127 cm³/mol. The van der Waals surface area contributed by atoms with Crippen molar-refractivity contribution >= 4 is 28.7 Å². The van der Waals surface area contributed by atoms with E-state index < -0.39 is 0 Å². The third-order valence-electron chi connectivity index (χ3n) is 5.29. The Morgan fingerprint density at radius 3 is 2.62 bits per heavy atom. The van der Waals surface area contributed by atoms with E-state index >= 15 is 0 Å². The minimum Gasteiger partial charge on any atom is -0.497 e. The number of carbonyl (C=O) groups is 1. The van der Waals surface area contributed by atoms with E-state index in [-0.39, 0.29) is 16.6 Å². The molecule has 0 saturated heterocycles. The summed E-state index contributed by atoms with van der Waals surface area (Å²) in [6, 6.07) is 7.53. The lowest BCUT2D eigenvalue weighted by Crippen LogP contribution is -2.39. The number of ether oxygens (including phenoxy) is 1. The lowest BCUT2D eigenvalue weighted by molar-refractivity contribution is -0.130. The highest BCUT2D eigenvalue weighted by molar-refractivity contribution is 8.00. The standard InChI is InChI=1S/C23H32N6O2S/c1-6-12-28(13-7-2)22(30)18(8-3)32-23-25-21-19(15(4)26-27-21)20(24)29(23)16-10-9-11-17(14-16)31-5/h9-11,14,18,24H,6-8,12-13H2,1-5H3,(H,26,27)/t18-/m0/s1. The molecule has 0 fully saturated rings. The number of fused-ring (bicyclic) bond motifs is 1. The number of carbonyl (C=O) groups excluding carboxylic acids is 1. The lowest BCUT2D eigenvalue weighted by Gasteiger charge is -2.26. The molecule has 0 saturated carbocycles. The first kappa shape index (κ1) is 23.8. The molecule has 0 aliphatic heterocycles. The van der Waals surface area contributed by atoms with Crippen molar-refractivity contribution in [1.29, 1.82) is 5.41 Å². The van der Waals surface area contributed by atoms with Gasteiger partial charge in [-0.1, -0.05) is 38.6 Å². The summed E-state index contributed by atoms with van der Waals surface area (Å²) in [5, 5.41) is 17.1. The number of aryl methyl sites for hydroxylation is 1. The molecule has 2 heterocycles. The summed E-state index contributed by atoms with van der Waals surface area (Å²) < 4.78 is 7.17. The summed E-state index contributed by atoms with van der Waals surface area (Å²) in [6.07, 6.45) is 2.51. The first-order chi connectivity index (χ1) is 15.4. The Morgan fingerprint density at radius 2 is 2.00 bits per heavy atom. The van der Waals surface area contributed by atoms with Gasteiger partial charge in [-0.05, 0) is 38.3 Å². The number of H-pyrrole nitrogens is 1. The van der Waals surface area contributed by atoms with Crippen molar-refractivity contribution in [2.24, 2.45) is 0 Å². The van der Waals surface area contributed by atoms with E-state index in [4.69, 9.17) is 15.1 Å². The summed E-state index contributed by atoms with van der Waals surface area (Å²) in [5.41, 5.74) is 2.30. The van der Waals surface area contributed by atoms with Crippen molar-refractivity contribution in [3.05, 3.63) is 35.4 Å². The van der Waals surface area contributed by atoms with Crippen LogP contribution in [0.2, 0.25) is 0 Å². The maximum absolute atomic E-state index is 13.3. The highest BCUT2D eigenvalue weighted by Gasteiger charge is 2.26. The second-order valence-corrected chi connectivity index (χ2v) is 8.84. The summed E-state index contributed by atoms with van der Waals surface area (Å²) in [6.45, 7) is 9.55. The molecule has 1 aromatic carbocycles. The number of rotatable bonds is 10. The van der Waals surface area contributed by atoms with Gasteiger partial charge in [0.15, 0.2) is 10.8 Å². The molecule has 0 unspecified atom stereocenters. The van der Waals surface area contributed by atoms with E-state index in [9.17, 15) is 4.79 Å². The van der Waals surface area contributed by atoms with Gasteiger partial charge < -0.3 is 9.64 Å². The van der Waals surface area contributed by atoms with E-state index in [1.807, 2.05) is 43.0 Å². The molecule has 2 N–H and O–H groups in total. The maximum Gasteiger partial charge on any atom is 0.236 e. The number of hydrogen-bond donors (Lipinski definition) is 2. The smallest absolute Gasteiger partial charge is 0.236 e. The fourth-order valence-corrected chi connectivity index (χ4v) is 4.82. The third kappa shape index (κ3) is 4.82. The van der Waals surface area contributed by atoms with Crippen LogP contribution in [0.15, 0.2) is 29.4 Å². The van der Waals surface area contributed by atoms with Crippen LogP contribution in [-0.2, 0) is 4.79 Å². The SMILES string of the molecule is CCCN(CCC)C(=O)[C@H](CC)Sc1nc2n[nH]c(C)c2c(=N)n1-c1cccc(OC)c1. The van der Waals surface area contributed by atoms with Gasteiger partial charge in [-0.2, -0.15) is 5.10 Å². The molecule has 1 atom stereocenters. The summed E-state index contributed by atoms with van der Waals surface area (Å²) >= 11 is 1.40. The van der Waals surface area contributed by atoms with Crippen molar-refractivity contribution in [3.63, 3.8) is 0 Å². The Kier molecular flexibility index (Phi) is 7.95. The molecule has 172 valence electrons. The van der Waals surface area contributed by atoms with E-state index in [2.05, 4.69) is 24.0 Å². The monoisotopic (exact) mass is 456 g/mol. The van der Waals surface area contributed by atoms with Gasteiger partial charge in [-0.15, -0.1) is 0 Å². The zero-order valence-corrected chi connectivity index (χ0v) is 20.3. The molecular formula is C23H32N6O2S. The van der Waals surface area contributed by atoms with E-state index in [0.29, 0.717) is 28.4 Å². The Bertz CT molecular complexity index is 1130. The minimum atomic E-state index is -0.297. The first-order valence-corrected chi connectivity index (χ1v) is 11.9. The third-order valence-corrected chi connectivity index (χ3v) is 6.59. The topological polar surface area (TPSA) is 99.9 Å². The molecule has 0 spiro atoms. The fraction of sp³-hybridized carbons (Fsp3) is 0.478. The Morgan fingerprint density at radius 1 is 1.28 bits per heavy atom. The highest BCUT2D eigenvalue weighted by Crippen LogP contribution is 2.29. The zero-order chi connectivity index (χ0) is 23.3. The molecule has 32 heavy (non-hydrogen) atoms. The van der Waals surface area contributed by atoms with Gasteiger partial charge >= 0.3 is 0 Å². The molecule has 9 heteroatoms. The van der Waals surface area contributed by atoms with Crippen molar-refractivity contribution in [3.8, 4) is 11.4 Å². The number of hydrogen-bond acceptors (Lipinski definition) is 6. The molecule has 1 amide bonds. The second kappa shape index (κ2) is 10.7. The molecule has 0 aliphatic carbocycles. The van der Waals surface area contributed by atoms with Crippen molar-refractivity contribution in [2.45, 2.75) is 57.4 Å². The van der Waals surface area contributed by atoms with Crippen molar-refractivity contribution in [1.82, 2.24) is 24.6 Å². The Balaban J connectivity index is 2.12. The number of nitrogens with one attached hydrogen (secondary N) is 2. The van der Waals surface area contributed by atoms with Crippen molar-refractivity contribution < 1.29 is 9.53 Å². The fourth-order valence-electron chi connectivity index (χ4n) is 3.71. The van der Waals surface area contributed by atoms with E-state index in [1.54, 1.807) is 11.7 Å². The highest BCUT2D eigenvalue weighted by atomic mass is 32.2. The zero-order valence-electron chi connectivity index (χ0n) is 19.4. The van der Waals surface area contributed by atoms with Gasteiger partial charge in [0.05, 0.1) is 23.4 Å². The van der Waals surface area contributed by atoms with E-state index in [1.165, 1.54) is 11.8 Å². The van der Waals surface area contributed by atoms with Crippen LogP contribution in [0.1, 0.15) is 45.7 Å². The number of benzene rings is 1. The van der Waals surface area contributed by atoms with Crippen LogP contribution < -0.4 is 10.2 Å². The van der Waals surface area contributed by atoms with Crippen LogP contribution in [0.5, 0.6) is 5.75 Å². The second-order valence-electron chi connectivity index (χ2n) is 7.67. The number of aromatic nitrogens is 4. The van der Waals surface area contributed by atoms with Crippen LogP contribution in [0.4, 0.5) is 0 Å². The quantitative estimate of drug-likeness (QED) is 0.354. The van der Waals surface area contributed by atoms with Gasteiger partial charge in [-0.25, -0.2) is 4.98 Å². The molecule has 3 rings (SSSR count). The first-order valence-electron chi connectivity index (χ1n) is 11.1.